The molecule has 0 bridgehead atoms. The highest BCUT2D eigenvalue weighted by Gasteiger charge is 2.44. The molecule has 18 heavy (non-hydrogen) atoms. The summed E-state index contributed by atoms with van der Waals surface area (Å²) >= 11 is 0. The normalized spacial score (nSPS) is 22.3. The summed E-state index contributed by atoms with van der Waals surface area (Å²) in [5.41, 5.74) is 1.39. The molecule has 3 rings (SSSR count). The third kappa shape index (κ3) is 1.84. The topological polar surface area (TPSA) is 27.1 Å². The molecule has 1 aromatic carbocycles. The molecule has 0 spiro atoms. The predicted octanol–water partition coefficient (Wildman–Crippen LogP) is 3.57. The molecular weight excluding hydrogens is 220 g/mol. The first-order chi connectivity index (χ1) is 8.83. The molecule has 0 radical (unpaired) electrons. The molecule has 2 nitrogen and oxygen atoms in total. The molecule has 0 amide bonds. The molecule has 96 valence electrons. The van der Waals surface area contributed by atoms with Gasteiger partial charge in [-0.3, -0.25) is 5.41 Å². The Labute approximate surface area is 110 Å². The zero-order chi connectivity index (χ0) is 12.4. The zero-order valence-electron chi connectivity index (χ0n) is 11.0. The number of piperidine rings is 1. The van der Waals surface area contributed by atoms with Crippen molar-refractivity contribution in [2.75, 3.05) is 13.1 Å². The van der Waals surface area contributed by atoms with Crippen LogP contribution >= 0.6 is 0 Å². The molecule has 1 aromatic rings. The van der Waals surface area contributed by atoms with Gasteiger partial charge in [0, 0.05) is 13.1 Å². The predicted molar refractivity (Wildman–Crippen MR) is 75.1 cm³/mol. The van der Waals surface area contributed by atoms with E-state index in [0.717, 1.165) is 31.8 Å². The molecule has 1 saturated carbocycles. The molecule has 2 aliphatic rings. The molecule has 1 N–H and O–H groups in total. The molecule has 1 saturated heterocycles. The molecule has 2 fully saturated rings. The van der Waals surface area contributed by atoms with Gasteiger partial charge in [-0.15, -0.1) is 0 Å². The molecule has 1 heterocycles. The van der Waals surface area contributed by atoms with E-state index in [1.54, 1.807) is 0 Å². The highest BCUT2D eigenvalue weighted by Crippen LogP contribution is 2.45. The van der Waals surface area contributed by atoms with Crippen LogP contribution in [0, 0.1) is 5.41 Å². The third-order valence-electron chi connectivity index (χ3n) is 4.66. The van der Waals surface area contributed by atoms with Crippen molar-refractivity contribution < 1.29 is 0 Å². The van der Waals surface area contributed by atoms with Crippen LogP contribution in [0.15, 0.2) is 30.3 Å². The Morgan fingerprint density at radius 2 is 1.61 bits per heavy atom. The van der Waals surface area contributed by atoms with Crippen LogP contribution in [0.4, 0.5) is 0 Å². The number of rotatable bonds is 2. The highest BCUT2D eigenvalue weighted by atomic mass is 15.2. The van der Waals surface area contributed by atoms with Gasteiger partial charge in [-0.1, -0.05) is 36.8 Å². The van der Waals surface area contributed by atoms with Gasteiger partial charge < -0.3 is 4.90 Å². The molecule has 0 unspecified atom stereocenters. The van der Waals surface area contributed by atoms with E-state index in [1.807, 2.05) is 0 Å². The Kier molecular flexibility index (Phi) is 3.11. The maximum absolute atomic E-state index is 8.65. The van der Waals surface area contributed by atoms with E-state index in [2.05, 4.69) is 35.2 Å². The fourth-order valence-electron chi connectivity index (χ4n) is 3.37. The van der Waals surface area contributed by atoms with Crippen LogP contribution in [0.3, 0.4) is 0 Å². The molecule has 1 aliphatic heterocycles. The Morgan fingerprint density at radius 3 is 2.17 bits per heavy atom. The molecular formula is C16H22N2. The number of hydrogen-bond acceptors (Lipinski definition) is 1. The maximum Gasteiger partial charge on any atom is 0.107 e. The Morgan fingerprint density at radius 1 is 0.944 bits per heavy atom. The second-order valence-electron chi connectivity index (χ2n) is 5.70. The first kappa shape index (κ1) is 11.8. The van der Waals surface area contributed by atoms with Gasteiger partial charge in [-0.25, -0.2) is 0 Å². The minimum atomic E-state index is 0.0403. The molecule has 0 aromatic heterocycles. The molecule has 2 heteroatoms. The van der Waals surface area contributed by atoms with E-state index >= 15 is 0 Å². The lowest BCUT2D eigenvalue weighted by Crippen LogP contribution is -2.51. The van der Waals surface area contributed by atoms with E-state index in [-0.39, 0.29) is 5.41 Å². The Bertz CT molecular complexity index is 414. The van der Waals surface area contributed by atoms with Gasteiger partial charge >= 0.3 is 0 Å². The van der Waals surface area contributed by atoms with E-state index in [4.69, 9.17) is 5.41 Å². The number of amidine groups is 1. The van der Waals surface area contributed by atoms with Crippen molar-refractivity contribution in [3.63, 3.8) is 0 Å². The SMILES string of the molecule is N=C(N1CCCCC1)C1(c2ccccc2)CCC1. The van der Waals surface area contributed by atoms with Crippen molar-refractivity contribution in [2.45, 2.75) is 43.9 Å². The Balaban J connectivity index is 1.85. The van der Waals surface area contributed by atoms with Crippen molar-refractivity contribution in [3.8, 4) is 0 Å². The lowest BCUT2D eigenvalue weighted by molar-refractivity contribution is 0.263. The summed E-state index contributed by atoms with van der Waals surface area (Å²) in [5.74, 6) is 0.889. The standard InChI is InChI=1S/C16H22N2/c17-15(18-12-5-2-6-13-18)16(10-7-11-16)14-8-3-1-4-9-14/h1,3-4,8-9,17H,2,5-7,10-13H2. The molecule has 0 atom stereocenters. The maximum atomic E-state index is 8.65. The van der Waals surface area contributed by atoms with Gasteiger partial charge in [0.25, 0.3) is 0 Å². The van der Waals surface area contributed by atoms with Crippen LogP contribution in [0.1, 0.15) is 44.1 Å². The van der Waals surface area contributed by atoms with Crippen molar-refractivity contribution in [3.05, 3.63) is 35.9 Å². The van der Waals surface area contributed by atoms with Gasteiger partial charge in [-0.2, -0.15) is 0 Å². The fourth-order valence-corrected chi connectivity index (χ4v) is 3.37. The summed E-state index contributed by atoms with van der Waals surface area (Å²) in [4.78, 5) is 2.33. The summed E-state index contributed by atoms with van der Waals surface area (Å²) < 4.78 is 0. The highest BCUT2D eigenvalue weighted by molar-refractivity contribution is 5.91. The van der Waals surface area contributed by atoms with E-state index < -0.39 is 0 Å². The van der Waals surface area contributed by atoms with Crippen LogP contribution in [0.25, 0.3) is 0 Å². The van der Waals surface area contributed by atoms with Gasteiger partial charge in [0.2, 0.25) is 0 Å². The minimum absolute atomic E-state index is 0.0403. The summed E-state index contributed by atoms with van der Waals surface area (Å²) in [6.07, 6.45) is 7.44. The van der Waals surface area contributed by atoms with Crippen molar-refractivity contribution >= 4 is 5.84 Å². The van der Waals surface area contributed by atoms with Crippen molar-refractivity contribution in [2.24, 2.45) is 0 Å². The number of hydrogen-bond donors (Lipinski definition) is 1. The lowest BCUT2D eigenvalue weighted by atomic mass is 9.63. The average Bonchev–Trinajstić information content (AvgIpc) is 2.40. The van der Waals surface area contributed by atoms with Gasteiger partial charge in [0.15, 0.2) is 0 Å². The van der Waals surface area contributed by atoms with Crippen LogP contribution in [-0.4, -0.2) is 23.8 Å². The van der Waals surface area contributed by atoms with E-state index in [9.17, 15) is 0 Å². The molecule has 1 aliphatic carbocycles. The second-order valence-corrected chi connectivity index (χ2v) is 5.70. The van der Waals surface area contributed by atoms with Crippen molar-refractivity contribution in [1.29, 1.82) is 5.41 Å². The van der Waals surface area contributed by atoms with Gasteiger partial charge in [0.05, 0.1) is 5.41 Å². The van der Waals surface area contributed by atoms with Crippen LogP contribution in [-0.2, 0) is 5.41 Å². The summed E-state index contributed by atoms with van der Waals surface area (Å²) in [5, 5.41) is 8.65. The average molecular weight is 242 g/mol. The minimum Gasteiger partial charge on any atom is -0.360 e. The number of nitrogens with one attached hydrogen (secondary N) is 1. The smallest absolute Gasteiger partial charge is 0.107 e. The Hall–Kier alpha value is -1.31. The summed E-state index contributed by atoms with van der Waals surface area (Å²) in [6, 6.07) is 10.7. The van der Waals surface area contributed by atoms with Crippen LogP contribution in [0.5, 0.6) is 0 Å². The van der Waals surface area contributed by atoms with Gasteiger partial charge in [-0.05, 0) is 37.7 Å². The number of likely N-dealkylation sites (tertiary alicyclic amines) is 1. The number of nitrogens with zero attached hydrogens (tertiary/aromatic N) is 1. The van der Waals surface area contributed by atoms with Crippen LogP contribution < -0.4 is 0 Å². The third-order valence-corrected chi connectivity index (χ3v) is 4.66. The zero-order valence-corrected chi connectivity index (χ0v) is 11.0. The first-order valence-electron chi connectivity index (χ1n) is 7.22. The first-order valence-corrected chi connectivity index (χ1v) is 7.22. The van der Waals surface area contributed by atoms with Crippen molar-refractivity contribution in [1.82, 2.24) is 4.90 Å². The monoisotopic (exact) mass is 242 g/mol. The van der Waals surface area contributed by atoms with Crippen LogP contribution in [0.2, 0.25) is 0 Å². The summed E-state index contributed by atoms with van der Waals surface area (Å²) in [6.45, 7) is 2.18. The second kappa shape index (κ2) is 4.75. The van der Waals surface area contributed by atoms with Gasteiger partial charge in [0.1, 0.15) is 5.84 Å². The largest absolute Gasteiger partial charge is 0.360 e. The summed E-state index contributed by atoms with van der Waals surface area (Å²) in [7, 11) is 0. The quantitative estimate of drug-likeness (QED) is 0.623. The lowest BCUT2D eigenvalue weighted by Gasteiger charge is -2.47. The van der Waals surface area contributed by atoms with E-state index in [0.29, 0.717) is 0 Å². The van der Waals surface area contributed by atoms with E-state index in [1.165, 1.54) is 31.2 Å². The fraction of sp³-hybridized carbons (Fsp3) is 0.562. The number of benzene rings is 1.